The molecule has 4 rings (SSSR count). The molecule has 3 aromatic rings. The maximum absolute atomic E-state index is 5.48. The lowest BCUT2D eigenvalue weighted by molar-refractivity contribution is 0.212. The summed E-state index contributed by atoms with van der Waals surface area (Å²) in [6, 6.07) is 8.55. The quantitative estimate of drug-likeness (QED) is 0.738. The van der Waals surface area contributed by atoms with E-state index in [2.05, 4.69) is 45.4 Å². The third-order valence-corrected chi connectivity index (χ3v) is 4.59. The molecule has 0 aliphatic carbocycles. The van der Waals surface area contributed by atoms with Crippen molar-refractivity contribution in [3.8, 4) is 11.4 Å². The zero-order valence-electron chi connectivity index (χ0n) is 14.0. The summed E-state index contributed by atoms with van der Waals surface area (Å²) in [7, 11) is 1.95. The molecule has 0 saturated carbocycles. The van der Waals surface area contributed by atoms with E-state index in [-0.39, 0.29) is 0 Å². The predicted octanol–water partition coefficient (Wildman–Crippen LogP) is 3.12. The highest BCUT2D eigenvalue weighted by Gasteiger charge is 2.28. The minimum absolute atomic E-state index is 0.383. The second-order valence-electron chi connectivity index (χ2n) is 6.45. The lowest BCUT2D eigenvalue weighted by atomic mass is 10.1. The molecule has 6 nitrogen and oxygen atoms in total. The molecule has 1 saturated heterocycles. The molecular weight excluding hydrogens is 302 g/mol. The molecule has 0 amide bonds. The third kappa shape index (κ3) is 2.97. The smallest absolute Gasteiger partial charge is 0.241 e. The van der Waals surface area contributed by atoms with Crippen LogP contribution in [0.1, 0.15) is 35.9 Å². The van der Waals surface area contributed by atoms with Crippen LogP contribution in [0.5, 0.6) is 0 Å². The van der Waals surface area contributed by atoms with Crippen molar-refractivity contribution in [1.29, 1.82) is 0 Å². The Morgan fingerprint density at radius 2 is 2.08 bits per heavy atom. The normalized spacial score (nSPS) is 18.3. The summed E-state index contributed by atoms with van der Waals surface area (Å²) in [6.07, 6.45) is 6.37. The van der Waals surface area contributed by atoms with Gasteiger partial charge in [-0.05, 0) is 26.3 Å². The van der Waals surface area contributed by atoms with Gasteiger partial charge in [0.25, 0.3) is 0 Å². The van der Waals surface area contributed by atoms with Gasteiger partial charge in [0.2, 0.25) is 11.7 Å². The molecule has 124 valence electrons. The van der Waals surface area contributed by atoms with E-state index in [0.717, 1.165) is 18.5 Å². The summed E-state index contributed by atoms with van der Waals surface area (Å²) >= 11 is 0. The average molecular weight is 323 g/mol. The van der Waals surface area contributed by atoms with Crippen LogP contribution in [0.4, 0.5) is 0 Å². The number of aryl methyl sites for hydroxylation is 2. The first-order valence-corrected chi connectivity index (χ1v) is 8.31. The van der Waals surface area contributed by atoms with Crippen LogP contribution in [-0.2, 0) is 13.6 Å². The number of aromatic nitrogens is 4. The van der Waals surface area contributed by atoms with Crippen LogP contribution in [0.3, 0.4) is 0 Å². The van der Waals surface area contributed by atoms with E-state index in [1.165, 1.54) is 17.5 Å². The molecule has 1 fully saturated rings. The summed E-state index contributed by atoms with van der Waals surface area (Å²) in [4.78, 5) is 6.96. The van der Waals surface area contributed by atoms with E-state index < -0.39 is 0 Å². The van der Waals surface area contributed by atoms with Crippen molar-refractivity contribution in [2.45, 2.75) is 32.4 Å². The van der Waals surface area contributed by atoms with Gasteiger partial charge in [-0.3, -0.25) is 9.58 Å². The summed E-state index contributed by atoms with van der Waals surface area (Å²) in [5.74, 6) is 1.32. The molecule has 6 heteroatoms. The summed E-state index contributed by atoms with van der Waals surface area (Å²) in [6.45, 7) is 3.79. The van der Waals surface area contributed by atoms with Crippen LogP contribution in [0.15, 0.2) is 41.2 Å². The number of nitrogens with zero attached hydrogens (tertiary/aromatic N) is 5. The van der Waals surface area contributed by atoms with Gasteiger partial charge in [0.15, 0.2) is 0 Å². The van der Waals surface area contributed by atoms with Gasteiger partial charge < -0.3 is 4.52 Å². The number of hydrogen-bond acceptors (Lipinski definition) is 5. The highest BCUT2D eigenvalue weighted by atomic mass is 16.5. The number of benzene rings is 1. The SMILES string of the molecule is Cc1ccc(-c2noc(CN3CCC[C@H]3c3cnn(C)c3)n2)cc1. The predicted molar refractivity (Wildman–Crippen MR) is 90.1 cm³/mol. The fourth-order valence-corrected chi connectivity index (χ4v) is 3.32. The number of likely N-dealkylation sites (tertiary alicyclic amines) is 1. The Morgan fingerprint density at radius 3 is 2.83 bits per heavy atom. The van der Waals surface area contributed by atoms with Crippen molar-refractivity contribution in [3.63, 3.8) is 0 Å². The van der Waals surface area contributed by atoms with Crippen LogP contribution >= 0.6 is 0 Å². The van der Waals surface area contributed by atoms with Gasteiger partial charge in [-0.25, -0.2) is 0 Å². The zero-order chi connectivity index (χ0) is 16.5. The molecule has 1 aliphatic rings. The maximum Gasteiger partial charge on any atom is 0.241 e. The van der Waals surface area contributed by atoms with Gasteiger partial charge >= 0.3 is 0 Å². The van der Waals surface area contributed by atoms with E-state index >= 15 is 0 Å². The molecule has 0 radical (unpaired) electrons. The maximum atomic E-state index is 5.48. The first-order chi connectivity index (χ1) is 11.7. The molecule has 0 bridgehead atoms. The number of rotatable bonds is 4. The molecule has 0 N–H and O–H groups in total. The summed E-state index contributed by atoms with van der Waals surface area (Å²) < 4.78 is 7.33. The average Bonchev–Trinajstić information content (AvgIpc) is 3.30. The molecule has 24 heavy (non-hydrogen) atoms. The van der Waals surface area contributed by atoms with Crippen molar-refractivity contribution >= 4 is 0 Å². The lowest BCUT2D eigenvalue weighted by Crippen LogP contribution is -2.22. The first kappa shape index (κ1) is 15.1. The molecule has 3 heterocycles. The van der Waals surface area contributed by atoms with Gasteiger partial charge in [-0.2, -0.15) is 10.1 Å². The summed E-state index contributed by atoms with van der Waals surface area (Å²) in [5.41, 5.74) is 3.47. The Bertz CT molecular complexity index is 820. The van der Waals surface area contributed by atoms with Crippen LogP contribution in [0.2, 0.25) is 0 Å². The highest BCUT2D eigenvalue weighted by Crippen LogP contribution is 2.32. The lowest BCUT2D eigenvalue weighted by Gasteiger charge is -2.21. The van der Waals surface area contributed by atoms with Crippen molar-refractivity contribution in [2.24, 2.45) is 7.05 Å². The third-order valence-electron chi connectivity index (χ3n) is 4.59. The van der Waals surface area contributed by atoms with Gasteiger partial charge in [0, 0.05) is 30.4 Å². The van der Waals surface area contributed by atoms with Crippen LogP contribution in [0, 0.1) is 6.92 Å². The van der Waals surface area contributed by atoms with E-state index in [4.69, 9.17) is 4.52 Å². The van der Waals surface area contributed by atoms with E-state index in [9.17, 15) is 0 Å². The fourth-order valence-electron chi connectivity index (χ4n) is 3.32. The Balaban J connectivity index is 1.50. The second kappa shape index (κ2) is 6.20. The second-order valence-corrected chi connectivity index (χ2v) is 6.45. The van der Waals surface area contributed by atoms with Crippen LogP contribution in [-0.4, -0.2) is 31.4 Å². The Morgan fingerprint density at radius 1 is 1.25 bits per heavy atom. The number of hydrogen-bond donors (Lipinski definition) is 0. The first-order valence-electron chi connectivity index (χ1n) is 8.31. The van der Waals surface area contributed by atoms with E-state index in [0.29, 0.717) is 24.3 Å². The van der Waals surface area contributed by atoms with Crippen LogP contribution in [0.25, 0.3) is 11.4 Å². The van der Waals surface area contributed by atoms with Gasteiger partial charge in [0.1, 0.15) is 0 Å². The molecule has 1 atom stereocenters. The van der Waals surface area contributed by atoms with Gasteiger partial charge in [-0.15, -0.1) is 0 Å². The zero-order valence-corrected chi connectivity index (χ0v) is 14.0. The monoisotopic (exact) mass is 323 g/mol. The van der Waals surface area contributed by atoms with Crippen molar-refractivity contribution in [3.05, 3.63) is 53.7 Å². The van der Waals surface area contributed by atoms with Gasteiger partial charge in [0.05, 0.1) is 12.7 Å². The summed E-state index contributed by atoms with van der Waals surface area (Å²) in [5, 5.41) is 8.42. The fraction of sp³-hybridized carbons (Fsp3) is 0.389. The van der Waals surface area contributed by atoms with Crippen molar-refractivity contribution < 1.29 is 4.52 Å². The van der Waals surface area contributed by atoms with Crippen molar-refractivity contribution in [1.82, 2.24) is 24.8 Å². The Kier molecular flexibility index (Phi) is 3.90. The van der Waals surface area contributed by atoms with E-state index in [1.807, 2.05) is 30.1 Å². The van der Waals surface area contributed by atoms with Gasteiger partial charge in [-0.1, -0.05) is 35.0 Å². The Labute approximate surface area is 141 Å². The van der Waals surface area contributed by atoms with Crippen LogP contribution < -0.4 is 0 Å². The minimum Gasteiger partial charge on any atom is -0.338 e. The van der Waals surface area contributed by atoms with E-state index in [1.54, 1.807) is 0 Å². The highest BCUT2D eigenvalue weighted by molar-refractivity contribution is 5.54. The molecule has 1 aliphatic heterocycles. The molecule has 0 unspecified atom stereocenters. The molecule has 0 spiro atoms. The standard InChI is InChI=1S/C18H21N5O/c1-13-5-7-14(8-6-13)18-20-17(24-21-18)12-23-9-3-4-16(23)15-10-19-22(2)11-15/h5-8,10-11,16H,3-4,9,12H2,1-2H3/t16-/m0/s1. The Hall–Kier alpha value is -2.47. The topological polar surface area (TPSA) is 60.0 Å². The van der Waals surface area contributed by atoms with Crippen molar-refractivity contribution in [2.75, 3.05) is 6.54 Å². The molecule has 1 aromatic carbocycles. The minimum atomic E-state index is 0.383. The largest absolute Gasteiger partial charge is 0.338 e. The molecule has 2 aromatic heterocycles. The molecular formula is C18H21N5O.